The molecule has 1 fully saturated rings. The lowest BCUT2D eigenvalue weighted by molar-refractivity contribution is 0.0987. The van der Waals surface area contributed by atoms with E-state index in [1.807, 2.05) is 6.07 Å². The van der Waals surface area contributed by atoms with E-state index in [0.717, 1.165) is 33.0 Å². The second-order valence-corrected chi connectivity index (χ2v) is 10.8. The number of rotatable bonds is 6. The van der Waals surface area contributed by atoms with Crippen molar-refractivity contribution in [2.24, 2.45) is 0 Å². The Labute approximate surface area is 209 Å². The number of aromatic nitrogens is 3. The number of sulfonamides is 1. The molecule has 188 valence electrons. The van der Waals surface area contributed by atoms with Crippen molar-refractivity contribution < 1.29 is 26.7 Å². The summed E-state index contributed by atoms with van der Waals surface area (Å²) in [4.78, 5) is 16.1. The Morgan fingerprint density at radius 1 is 1.19 bits per heavy atom. The van der Waals surface area contributed by atoms with Crippen LogP contribution in [0.3, 0.4) is 0 Å². The minimum atomic E-state index is -4.39. The van der Waals surface area contributed by atoms with Gasteiger partial charge in [0.05, 0.1) is 31.8 Å². The highest BCUT2D eigenvalue weighted by Crippen LogP contribution is 2.39. The van der Waals surface area contributed by atoms with E-state index >= 15 is 0 Å². The third-order valence-corrected chi connectivity index (χ3v) is 8.20. The van der Waals surface area contributed by atoms with Gasteiger partial charge in [-0.05, 0) is 31.2 Å². The molecule has 0 radical (unpaired) electrons. The molecule has 0 saturated carbocycles. The summed E-state index contributed by atoms with van der Waals surface area (Å²) in [6, 6.07) is 5.85. The molecule has 3 aromatic heterocycles. The van der Waals surface area contributed by atoms with Crippen molar-refractivity contribution in [2.75, 3.05) is 36.5 Å². The van der Waals surface area contributed by atoms with Gasteiger partial charge in [0.1, 0.15) is 39.2 Å². The fourth-order valence-corrected chi connectivity index (χ4v) is 6.05. The highest BCUT2D eigenvalue weighted by Gasteiger charge is 2.25. The van der Waals surface area contributed by atoms with Gasteiger partial charge in [-0.1, -0.05) is 0 Å². The predicted molar refractivity (Wildman–Crippen MR) is 132 cm³/mol. The third kappa shape index (κ3) is 4.56. The number of thiophene rings is 1. The van der Waals surface area contributed by atoms with E-state index in [9.17, 15) is 17.2 Å². The first-order chi connectivity index (χ1) is 17.3. The van der Waals surface area contributed by atoms with E-state index in [2.05, 4.69) is 31.5 Å². The molecule has 1 aliphatic rings. The Kier molecular flexibility index (Phi) is 6.45. The minimum Gasteiger partial charge on any atom is -0.480 e. The Morgan fingerprint density at radius 2 is 2.03 bits per heavy atom. The Bertz CT molecular complexity index is 1550. The fraction of sp³-hybridized carbons (Fsp3) is 0.261. The van der Waals surface area contributed by atoms with Crippen LogP contribution < -0.4 is 14.4 Å². The van der Waals surface area contributed by atoms with Gasteiger partial charge in [-0.3, -0.25) is 4.72 Å². The van der Waals surface area contributed by atoms with Crippen LogP contribution in [0.15, 0.2) is 47.8 Å². The first kappa shape index (κ1) is 24.3. The van der Waals surface area contributed by atoms with Crippen molar-refractivity contribution in [2.45, 2.75) is 17.9 Å². The number of hydrogen-bond donors (Lipinski definition) is 1. The van der Waals surface area contributed by atoms with E-state index in [0.29, 0.717) is 31.4 Å². The number of benzene rings is 1. The van der Waals surface area contributed by atoms with E-state index in [1.165, 1.54) is 24.8 Å². The van der Waals surface area contributed by atoms with Crippen molar-refractivity contribution in [3.8, 4) is 16.3 Å². The standard InChI is InChI=1S/C23H21F2N5O4S2/c1-13-11-34-6-5-30(13)21-16-9-19(35-23(16)28-12-27-21)14-7-18(22(33-2)26-10-14)29-36(31,32)20-4-3-15(24)8-17(20)25/h3-4,7-10,12-13,29H,5-6,11H2,1-2H3/t13-/m0/s1. The van der Waals surface area contributed by atoms with Crippen molar-refractivity contribution >= 4 is 43.1 Å². The molecule has 5 rings (SSSR count). The molecule has 4 aromatic rings. The molecule has 1 atom stereocenters. The first-order valence-corrected chi connectivity index (χ1v) is 13.2. The highest BCUT2D eigenvalue weighted by atomic mass is 32.2. The molecule has 36 heavy (non-hydrogen) atoms. The number of nitrogens with one attached hydrogen (secondary N) is 1. The van der Waals surface area contributed by atoms with Gasteiger partial charge in [-0.25, -0.2) is 32.2 Å². The molecule has 0 spiro atoms. The summed E-state index contributed by atoms with van der Waals surface area (Å²) in [5.74, 6) is -1.30. The molecule has 1 aliphatic heterocycles. The van der Waals surface area contributed by atoms with E-state index in [1.54, 1.807) is 12.3 Å². The number of morpholine rings is 1. The average Bonchev–Trinajstić information content (AvgIpc) is 3.28. The Balaban J connectivity index is 1.53. The molecular formula is C23H21F2N5O4S2. The van der Waals surface area contributed by atoms with Gasteiger partial charge in [0, 0.05) is 29.2 Å². The van der Waals surface area contributed by atoms with Gasteiger partial charge in [-0.15, -0.1) is 11.3 Å². The zero-order chi connectivity index (χ0) is 25.4. The van der Waals surface area contributed by atoms with Crippen LogP contribution in [-0.2, 0) is 14.8 Å². The van der Waals surface area contributed by atoms with Crippen molar-refractivity contribution in [1.82, 2.24) is 15.0 Å². The molecule has 9 nitrogen and oxygen atoms in total. The summed E-state index contributed by atoms with van der Waals surface area (Å²) >= 11 is 1.40. The lowest BCUT2D eigenvalue weighted by atomic mass is 10.2. The predicted octanol–water partition coefficient (Wildman–Crippen LogP) is 4.07. The topological polar surface area (TPSA) is 107 Å². The smallest absolute Gasteiger partial charge is 0.264 e. The number of hydrogen-bond acceptors (Lipinski definition) is 9. The summed E-state index contributed by atoms with van der Waals surface area (Å²) in [7, 11) is -3.06. The van der Waals surface area contributed by atoms with E-state index in [-0.39, 0.29) is 17.6 Å². The minimum absolute atomic E-state index is 0.00397. The number of methoxy groups -OCH3 is 1. The largest absolute Gasteiger partial charge is 0.480 e. The molecule has 0 bridgehead atoms. The van der Waals surface area contributed by atoms with Gasteiger partial charge in [0.25, 0.3) is 10.0 Å². The maximum absolute atomic E-state index is 14.2. The zero-order valence-electron chi connectivity index (χ0n) is 19.2. The van der Waals surface area contributed by atoms with Crippen molar-refractivity contribution in [1.29, 1.82) is 0 Å². The van der Waals surface area contributed by atoms with Gasteiger partial charge in [0.2, 0.25) is 5.88 Å². The SMILES string of the molecule is COc1ncc(-c2cc3c(N4CCOC[C@@H]4C)ncnc3s2)cc1NS(=O)(=O)c1ccc(F)cc1F. The second kappa shape index (κ2) is 9.56. The molecule has 1 N–H and O–H groups in total. The van der Waals surface area contributed by atoms with Gasteiger partial charge in [0.15, 0.2) is 0 Å². The maximum Gasteiger partial charge on any atom is 0.264 e. The molecule has 4 heterocycles. The Hall–Kier alpha value is -3.42. The van der Waals surface area contributed by atoms with Crippen molar-refractivity contribution in [3.05, 3.63) is 54.5 Å². The Morgan fingerprint density at radius 3 is 2.78 bits per heavy atom. The van der Waals surface area contributed by atoms with Crippen LogP contribution in [0.2, 0.25) is 0 Å². The molecule has 0 amide bonds. The zero-order valence-corrected chi connectivity index (χ0v) is 20.9. The number of anilines is 2. The summed E-state index contributed by atoms with van der Waals surface area (Å²) in [5, 5.41) is 0.859. The fourth-order valence-electron chi connectivity index (χ4n) is 3.97. The second-order valence-electron chi connectivity index (χ2n) is 8.11. The van der Waals surface area contributed by atoms with Crippen LogP contribution >= 0.6 is 11.3 Å². The highest BCUT2D eigenvalue weighted by molar-refractivity contribution is 7.92. The summed E-state index contributed by atoms with van der Waals surface area (Å²) < 4.78 is 66.2. The molecule has 0 aliphatic carbocycles. The molecule has 0 unspecified atom stereocenters. The summed E-state index contributed by atoms with van der Waals surface area (Å²) in [6.45, 7) is 3.97. The van der Waals surface area contributed by atoms with Gasteiger partial charge in [-0.2, -0.15) is 0 Å². The molecule has 13 heteroatoms. The molecule has 1 saturated heterocycles. The lowest BCUT2D eigenvalue weighted by Crippen LogP contribution is -2.44. The van der Waals surface area contributed by atoms with Gasteiger partial charge < -0.3 is 14.4 Å². The number of pyridine rings is 1. The monoisotopic (exact) mass is 533 g/mol. The number of nitrogens with zero attached hydrogens (tertiary/aromatic N) is 4. The van der Waals surface area contributed by atoms with Crippen LogP contribution in [0.5, 0.6) is 5.88 Å². The van der Waals surface area contributed by atoms with Crippen LogP contribution in [0.4, 0.5) is 20.3 Å². The van der Waals surface area contributed by atoms with Crippen LogP contribution in [0.1, 0.15) is 6.92 Å². The quantitative estimate of drug-likeness (QED) is 0.396. The van der Waals surface area contributed by atoms with E-state index in [4.69, 9.17) is 9.47 Å². The number of ether oxygens (including phenoxy) is 2. The average molecular weight is 534 g/mol. The lowest BCUT2D eigenvalue weighted by Gasteiger charge is -2.34. The van der Waals surface area contributed by atoms with Crippen molar-refractivity contribution in [3.63, 3.8) is 0 Å². The molecule has 1 aromatic carbocycles. The first-order valence-electron chi connectivity index (χ1n) is 10.9. The van der Waals surface area contributed by atoms with Gasteiger partial charge >= 0.3 is 0 Å². The summed E-state index contributed by atoms with van der Waals surface area (Å²) in [6.07, 6.45) is 3.06. The van der Waals surface area contributed by atoms with Crippen LogP contribution in [0.25, 0.3) is 20.7 Å². The molecular weight excluding hydrogens is 512 g/mol. The summed E-state index contributed by atoms with van der Waals surface area (Å²) in [5.41, 5.74) is 0.598. The van der Waals surface area contributed by atoms with Crippen LogP contribution in [0, 0.1) is 11.6 Å². The maximum atomic E-state index is 14.2. The van der Waals surface area contributed by atoms with Crippen LogP contribution in [-0.4, -0.2) is 56.3 Å². The number of halogens is 2. The number of fused-ring (bicyclic) bond motifs is 1. The van der Waals surface area contributed by atoms with E-state index < -0.39 is 26.6 Å². The third-order valence-electron chi connectivity index (χ3n) is 5.70. The normalized spacial score (nSPS) is 16.3.